The predicted molar refractivity (Wildman–Crippen MR) is 84.3 cm³/mol. The third-order valence-electron chi connectivity index (χ3n) is 3.24. The third kappa shape index (κ3) is 4.02. The smallest absolute Gasteiger partial charge is 0.313 e. The van der Waals surface area contributed by atoms with E-state index in [1.165, 1.54) is 7.11 Å². The Morgan fingerprint density at radius 2 is 1.67 bits per heavy atom. The van der Waals surface area contributed by atoms with Crippen LogP contribution in [0.5, 0.6) is 0 Å². The van der Waals surface area contributed by atoms with Gasteiger partial charge in [0.05, 0.1) is 13.0 Å². The van der Waals surface area contributed by atoms with Gasteiger partial charge in [-0.15, -0.1) is 0 Å². The van der Waals surface area contributed by atoms with Crippen molar-refractivity contribution in [3.05, 3.63) is 70.2 Å². The maximum absolute atomic E-state index is 12.3. The third-order valence-corrected chi connectivity index (χ3v) is 3.77. The molecule has 0 amide bonds. The fourth-order valence-corrected chi connectivity index (χ4v) is 2.37. The molecule has 0 radical (unpaired) electrons. The van der Waals surface area contributed by atoms with Gasteiger partial charge in [-0.3, -0.25) is 9.59 Å². The molecular formula is C17H15BrO3. The minimum atomic E-state index is -0.577. The Hall–Kier alpha value is -1.94. The summed E-state index contributed by atoms with van der Waals surface area (Å²) in [4.78, 5) is 24.3. The first-order chi connectivity index (χ1) is 10.1. The Bertz CT molecular complexity index is 620. The molecule has 2 aromatic carbocycles. The molecule has 0 N–H and O–H groups in total. The Balaban J connectivity index is 2.21. The van der Waals surface area contributed by atoms with Crippen molar-refractivity contribution in [3.63, 3.8) is 0 Å². The number of benzene rings is 2. The van der Waals surface area contributed by atoms with Crippen LogP contribution < -0.4 is 0 Å². The quantitative estimate of drug-likeness (QED) is 0.607. The average molecular weight is 347 g/mol. The summed E-state index contributed by atoms with van der Waals surface area (Å²) in [6.07, 6.45) is 0.0956. The number of rotatable bonds is 5. The summed E-state index contributed by atoms with van der Waals surface area (Å²) in [5.41, 5.74) is 1.37. The molecule has 0 spiro atoms. The first-order valence-corrected chi connectivity index (χ1v) is 7.32. The van der Waals surface area contributed by atoms with E-state index in [1.54, 1.807) is 12.1 Å². The Morgan fingerprint density at radius 1 is 1.05 bits per heavy atom. The van der Waals surface area contributed by atoms with E-state index in [0.29, 0.717) is 5.56 Å². The van der Waals surface area contributed by atoms with E-state index in [2.05, 4.69) is 15.9 Å². The van der Waals surface area contributed by atoms with Crippen molar-refractivity contribution >= 4 is 27.7 Å². The molecule has 0 aliphatic heterocycles. The highest BCUT2D eigenvalue weighted by atomic mass is 79.9. The van der Waals surface area contributed by atoms with Gasteiger partial charge >= 0.3 is 5.97 Å². The van der Waals surface area contributed by atoms with Crippen LogP contribution in [0.15, 0.2) is 59.1 Å². The number of methoxy groups -OCH3 is 1. The first-order valence-electron chi connectivity index (χ1n) is 6.53. The van der Waals surface area contributed by atoms with E-state index in [1.807, 2.05) is 42.5 Å². The molecule has 108 valence electrons. The van der Waals surface area contributed by atoms with E-state index in [-0.39, 0.29) is 12.2 Å². The van der Waals surface area contributed by atoms with Crippen molar-refractivity contribution in [2.24, 2.45) is 0 Å². The lowest BCUT2D eigenvalue weighted by molar-refractivity contribution is -0.142. The van der Waals surface area contributed by atoms with Gasteiger partial charge < -0.3 is 4.74 Å². The number of Topliss-reactive ketones (excluding diaryl/α,β-unsaturated/α-hetero) is 1. The predicted octanol–water partition coefficient (Wildman–Crippen LogP) is 3.98. The number of hydrogen-bond acceptors (Lipinski definition) is 3. The number of ketones is 1. The van der Waals surface area contributed by atoms with Crippen LogP contribution in [0.4, 0.5) is 0 Å². The Morgan fingerprint density at radius 3 is 2.24 bits per heavy atom. The van der Waals surface area contributed by atoms with E-state index >= 15 is 0 Å². The molecule has 3 nitrogen and oxygen atoms in total. The zero-order chi connectivity index (χ0) is 15.2. The Labute approximate surface area is 132 Å². The number of halogens is 1. The summed E-state index contributed by atoms with van der Waals surface area (Å²) in [5.74, 6) is -1.05. The largest absolute Gasteiger partial charge is 0.469 e. The number of esters is 1. The van der Waals surface area contributed by atoms with Crippen LogP contribution in [0.3, 0.4) is 0 Å². The van der Waals surface area contributed by atoms with Crippen molar-refractivity contribution in [1.82, 2.24) is 0 Å². The van der Waals surface area contributed by atoms with Crippen LogP contribution in [0.1, 0.15) is 28.3 Å². The maximum Gasteiger partial charge on any atom is 0.313 e. The molecule has 0 aromatic heterocycles. The second kappa shape index (κ2) is 7.18. The number of hydrogen-bond donors (Lipinski definition) is 0. The lowest BCUT2D eigenvalue weighted by atomic mass is 9.91. The van der Waals surface area contributed by atoms with Gasteiger partial charge in [0.2, 0.25) is 0 Å². The monoisotopic (exact) mass is 346 g/mol. The summed E-state index contributed by atoms with van der Waals surface area (Å²) >= 11 is 3.33. The van der Waals surface area contributed by atoms with Crippen LogP contribution in [0.25, 0.3) is 0 Å². The number of carbonyl (C=O) groups is 2. The molecule has 2 rings (SSSR count). The Kier molecular flexibility index (Phi) is 5.28. The second-order valence-electron chi connectivity index (χ2n) is 4.62. The molecule has 0 saturated heterocycles. The van der Waals surface area contributed by atoms with E-state index < -0.39 is 11.9 Å². The SMILES string of the molecule is COC(=O)[C@@H](CC(=O)c1ccc(Br)cc1)c1ccccc1. The van der Waals surface area contributed by atoms with Crippen LogP contribution >= 0.6 is 15.9 Å². The molecule has 0 heterocycles. The minimum Gasteiger partial charge on any atom is -0.469 e. The van der Waals surface area contributed by atoms with Crippen molar-refractivity contribution in [1.29, 1.82) is 0 Å². The standard InChI is InChI=1S/C17H15BrO3/c1-21-17(20)15(12-5-3-2-4-6-12)11-16(19)13-7-9-14(18)10-8-13/h2-10,15H,11H2,1H3/t15-/m0/s1. The van der Waals surface area contributed by atoms with Gasteiger partial charge in [-0.05, 0) is 17.7 Å². The van der Waals surface area contributed by atoms with Gasteiger partial charge in [0.15, 0.2) is 5.78 Å². The highest BCUT2D eigenvalue weighted by molar-refractivity contribution is 9.10. The molecule has 0 aliphatic carbocycles. The summed E-state index contributed by atoms with van der Waals surface area (Å²) in [7, 11) is 1.34. The van der Waals surface area contributed by atoms with Crippen molar-refractivity contribution in [2.75, 3.05) is 7.11 Å². The topological polar surface area (TPSA) is 43.4 Å². The van der Waals surface area contributed by atoms with E-state index in [4.69, 9.17) is 4.74 Å². The number of carbonyl (C=O) groups excluding carboxylic acids is 2. The molecule has 0 saturated carbocycles. The van der Waals surface area contributed by atoms with Crippen LogP contribution in [-0.2, 0) is 9.53 Å². The molecule has 21 heavy (non-hydrogen) atoms. The average Bonchev–Trinajstić information content (AvgIpc) is 2.53. The molecule has 1 atom stereocenters. The number of ether oxygens (including phenoxy) is 1. The fourth-order valence-electron chi connectivity index (χ4n) is 2.10. The molecule has 0 unspecified atom stereocenters. The van der Waals surface area contributed by atoms with Crippen LogP contribution in [0, 0.1) is 0 Å². The van der Waals surface area contributed by atoms with Gasteiger partial charge in [0, 0.05) is 16.5 Å². The zero-order valence-corrected chi connectivity index (χ0v) is 13.2. The molecule has 0 fully saturated rings. The molecule has 0 bridgehead atoms. The normalized spacial score (nSPS) is 11.7. The molecule has 2 aromatic rings. The van der Waals surface area contributed by atoms with Gasteiger partial charge in [0.25, 0.3) is 0 Å². The van der Waals surface area contributed by atoms with Crippen LogP contribution in [0.2, 0.25) is 0 Å². The lowest BCUT2D eigenvalue weighted by Crippen LogP contribution is -2.18. The highest BCUT2D eigenvalue weighted by Gasteiger charge is 2.24. The van der Waals surface area contributed by atoms with Crippen molar-refractivity contribution in [3.8, 4) is 0 Å². The van der Waals surface area contributed by atoms with Gasteiger partial charge in [0.1, 0.15) is 0 Å². The van der Waals surface area contributed by atoms with Gasteiger partial charge in [-0.2, -0.15) is 0 Å². The summed E-state index contributed by atoms with van der Waals surface area (Å²) in [5, 5.41) is 0. The van der Waals surface area contributed by atoms with E-state index in [0.717, 1.165) is 10.0 Å². The zero-order valence-electron chi connectivity index (χ0n) is 11.6. The lowest BCUT2D eigenvalue weighted by Gasteiger charge is -2.14. The van der Waals surface area contributed by atoms with Gasteiger partial charge in [-0.25, -0.2) is 0 Å². The summed E-state index contributed by atoms with van der Waals surface area (Å²) in [6.45, 7) is 0. The molecule has 0 aliphatic rings. The van der Waals surface area contributed by atoms with Crippen molar-refractivity contribution < 1.29 is 14.3 Å². The van der Waals surface area contributed by atoms with Gasteiger partial charge in [-0.1, -0.05) is 58.4 Å². The molecule has 4 heteroatoms. The molecular weight excluding hydrogens is 332 g/mol. The fraction of sp³-hybridized carbons (Fsp3) is 0.176. The van der Waals surface area contributed by atoms with E-state index in [9.17, 15) is 9.59 Å². The highest BCUT2D eigenvalue weighted by Crippen LogP contribution is 2.23. The first kappa shape index (κ1) is 15.4. The summed E-state index contributed by atoms with van der Waals surface area (Å²) in [6, 6.07) is 16.3. The minimum absolute atomic E-state index is 0.0817. The summed E-state index contributed by atoms with van der Waals surface area (Å²) < 4.78 is 5.73. The van der Waals surface area contributed by atoms with Crippen LogP contribution in [-0.4, -0.2) is 18.9 Å². The van der Waals surface area contributed by atoms with Crippen molar-refractivity contribution in [2.45, 2.75) is 12.3 Å². The maximum atomic E-state index is 12.3. The second-order valence-corrected chi connectivity index (χ2v) is 5.54.